The van der Waals surface area contributed by atoms with Gasteiger partial charge in [0.2, 0.25) is 0 Å². The number of hydrogen-bond acceptors (Lipinski definition) is 4. The molecule has 5 heteroatoms. The minimum absolute atomic E-state index is 0.770. The predicted molar refractivity (Wildman–Crippen MR) is 101 cm³/mol. The van der Waals surface area contributed by atoms with Gasteiger partial charge in [0.05, 0.1) is 5.69 Å². The van der Waals surface area contributed by atoms with Crippen molar-refractivity contribution in [2.45, 2.75) is 26.6 Å². The Morgan fingerprint density at radius 3 is 2.56 bits per heavy atom. The summed E-state index contributed by atoms with van der Waals surface area (Å²) in [5, 5.41) is 3.50. The predicted octanol–water partition coefficient (Wildman–Crippen LogP) is 3.05. The van der Waals surface area contributed by atoms with Crippen LogP contribution in [-0.2, 0) is 26.7 Å². The van der Waals surface area contributed by atoms with Gasteiger partial charge >= 0.3 is 0 Å². The van der Waals surface area contributed by atoms with Crippen molar-refractivity contribution in [2.75, 3.05) is 11.9 Å². The normalized spacial score (nSPS) is 10.8. The van der Waals surface area contributed by atoms with Gasteiger partial charge in [0, 0.05) is 51.7 Å². The molecule has 0 bridgehead atoms. The van der Waals surface area contributed by atoms with Gasteiger partial charge in [0.15, 0.2) is 0 Å². The Labute approximate surface area is 149 Å². The Hall–Kier alpha value is -2.66. The van der Waals surface area contributed by atoms with Crippen LogP contribution in [-0.4, -0.2) is 21.6 Å². The first kappa shape index (κ1) is 17.2. The molecule has 1 N–H and O–H groups in total. The van der Waals surface area contributed by atoms with Crippen LogP contribution in [0.1, 0.15) is 22.6 Å². The Balaban J connectivity index is 1.65. The molecule has 1 aromatic carbocycles. The zero-order valence-electron chi connectivity index (χ0n) is 15.1. The molecule has 5 nitrogen and oxygen atoms in total. The molecule has 0 atom stereocenters. The molecule has 0 unspecified atom stereocenters. The third kappa shape index (κ3) is 4.25. The number of nitrogens with zero attached hydrogens (tertiary/aromatic N) is 4. The van der Waals surface area contributed by atoms with Gasteiger partial charge in [-0.05, 0) is 18.6 Å². The van der Waals surface area contributed by atoms with Crippen molar-refractivity contribution in [1.82, 2.24) is 19.9 Å². The average Bonchev–Trinajstić information content (AvgIpc) is 2.95. The minimum atomic E-state index is 0.770. The van der Waals surface area contributed by atoms with Gasteiger partial charge < -0.3 is 14.8 Å². The number of anilines is 1. The number of nitrogens with one attached hydrogen (secondary N) is 1. The smallest absolute Gasteiger partial charge is 0.133 e. The highest BCUT2D eigenvalue weighted by Crippen LogP contribution is 2.18. The Kier molecular flexibility index (Phi) is 5.46. The minimum Gasteiger partial charge on any atom is -0.355 e. The quantitative estimate of drug-likeness (QED) is 0.721. The van der Waals surface area contributed by atoms with Gasteiger partial charge in [-0.3, -0.25) is 0 Å². The largest absolute Gasteiger partial charge is 0.355 e. The number of benzene rings is 1. The van der Waals surface area contributed by atoms with E-state index in [1.54, 1.807) is 0 Å². The SMILES string of the molecule is Cc1ncc(CNCc2cccnc2N(C)Cc2ccccc2)n1C. The fourth-order valence-corrected chi connectivity index (χ4v) is 2.88. The fraction of sp³-hybridized carbons (Fsp3) is 0.300. The van der Waals surface area contributed by atoms with Crippen molar-refractivity contribution in [3.63, 3.8) is 0 Å². The van der Waals surface area contributed by atoms with E-state index in [9.17, 15) is 0 Å². The Morgan fingerprint density at radius 2 is 1.84 bits per heavy atom. The molecule has 3 rings (SSSR count). The second-order valence-corrected chi connectivity index (χ2v) is 6.29. The molecule has 0 amide bonds. The van der Waals surface area contributed by atoms with Crippen molar-refractivity contribution in [1.29, 1.82) is 0 Å². The number of aromatic nitrogens is 3. The van der Waals surface area contributed by atoms with E-state index in [1.807, 2.05) is 38.5 Å². The monoisotopic (exact) mass is 335 g/mol. The second-order valence-electron chi connectivity index (χ2n) is 6.29. The summed E-state index contributed by atoms with van der Waals surface area (Å²) in [6, 6.07) is 14.6. The van der Waals surface area contributed by atoms with E-state index in [4.69, 9.17) is 0 Å². The highest BCUT2D eigenvalue weighted by Gasteiger charge is 2.09. The van der Waals surface area contributed by atoms with E-state index in [0.717, 1.165) is 31.3 Å². The highest BCUT2D eigenvalue weighted by atomic mass is 15.2. The lowest BCUT2D eigenvalue weighted by Crippen LogP contribution is -2.22. The lowest BCUT2D eigenvalue weighted by atomic mass is 10.2. The molecular formula is C20H25N5. The number of pyridine rings is 1. The molecule has 0 fully saturated rings. The zero-order valence-corrected chi connectivity index (χ0v) is 15.1. The molecule has 0 aliphatic rings. The Bertz CT molecular complexity index is 810. The molecule has 0 radical (unpaired) electrons. The van der Waals surface area contributed by atoms with E-state index in [2.05, 4.69) is 62.1 Å². The van der Waals surface area contributed by atoms with Crippen molar-refractivity contribution in [3.8, 4) is 0 Å². The maximum absolute atomic E-state index is 4.59. The number of imidazole rings is 1. The van der Waals surface area contributed by atoms with Crippen LogP contribution in [0.15, 0.2) is 54.9 Å². The number of rotatable bonds is 7. The summed E-state index contributed by atoms with van der Waals surface area (Å²) in [4.78, 5) is 11.1. The molecule has 0 spiro atoms. The summed E-state index contributed by atoms with van der Waals surface area (Å²) in [5.41, 5.74) is 3.65. The molecule has 2 heterocycles. The average molecular weight is 335 g/mol. The summed E-state index contributed by atoms with van der Waals surface area (Å²) in [7, 11) is 4.13. The molecule has 2 aromatic heterocycles. The van der Waals surface area contributed by atoms with E-state index in [-0.39, 0.29) is 0 Å². The zero-order chi connectivity index (χ0) is 17.6. The van der Waals surface area contributed by atoms with Gasteiger partial charge in [-0.25, -0.2) is 9.97 Å². The van der Waals surface area contributed by atoms with E-state index in [1.165, 1.54) is 16.8 Å². The first-order valence-corrected chi connectivity index (χ1v) is 8.52. The Morgan fingerprint density at radius 1 is 1.04 bits per heavy atom. The van der Waals surface area contributed by atoms with Crippen LogP contribution in [0.5, 0.6) is 0 Å². The van der Waals surface area contributed by atoms with Gasteiger partial charge in [0.1, 0.15) is 11.6 Å². The van der Waals surface area contributed by atoms with E-state index in [0.29, 0.717) is 0 Å². The molecule has 0 aliphatic heterocycles. The van der Waals surface area contributed by atoms with Crippen LogP contribution in [0.3, 0.4) is 0 Å². The lowest BCUT2D eigenvalue weighted by molar-refractivity contribution is 0.647. The third-order valence-corrected chi connectivity index (χ3v) is 4.43. The van der Waals surface area contributed by atoms with Gasteiger partial charge in [0.25, 0.3) is 0 Å². The first-order chi connectivity index (χ1) is 12.1. The van der Waals surface area contributed by atoms with Gasteiger partial charge in [-0.2, -0.15) is 0 Å². The van der Waals surface area contributed by atoms with Crippen LogP contribution < -0.4 is 10.2 Å². The highest BCUT2D eigenvalue weighted by molar-refractivity contribution is 5.46. The molecule has 0 aliphatic carbocycles. The summed E-state index contributed by atoms with van der Waals surface area (Å²) in [6.45, 7) is 4.41. The van der Waals surface area contributed by atoms with Crippen LogP contribution in [0.2, 0.25) is 0 Å². The molecule has 130 valence electrons. The number of aryl methyl sites for hydroxylation is 1. The van der Waals surface area contributed by atoms with Crippen molar-refractivity contribution < 1.29 is 0 Å². The standard InChI is InChI=1S/C20H25N5/c1-16-23-14-19(25(16)3)13-21-12-18-10-7-11-22-20(18)24(2)15-17-8-5-4-6-9-17/h4-11,14,21H,12-13,15H2,1-3H3. The number of hydrogen-bond donors (Lipinski definition) is 1. The van der Waals surface area contributed by atoms with Crippen molar-refractivity contribution in [3.05, 3.63) is 77.5 Å². The maximum atomic E-state index is 4.59. The molecule has 0 saturated heterocycles. The molecule has 3 aromatic rings. The van der Waals surface area contributed by atoms with E-state index < -0.39 is 0 Å². The van der Waals surface area contributed by atoms with Crippen LogP contribution in [0, 0.1) is 6.92 Å². The molecule has 0 saturated carbocycles. The molecular weight excluding hydrogens is 310 g/mol. The van der Waals surface area contributed by atoms with Crippen molar-refractivity contribution >= 4 is 5.82 Å². The van der Waals surface area contributed by atoms with Crippen LogP contribution in [0.25, 0.3) is 0 Å². The molecule has 25 heavy (non-hydrogen) atoms. The van der Waals surface area contributed by atoms with Crippen molar-refractivity contribution in [2.24, 2.45) is 7.05 Å². The topological polar surface area (TPSA) is 46.0 Å². The summed E-state index contributed by atoms with van der Waals surface area (Å²) < 4.78 is 2.11. The van der Waals surface area contributed by atoms with Crippen LogP contribution >= 0.6 is 0 Å². The summed E-state index contributed by atoms with van der Waals surface area (Å²) in [5.74, 6) is 2.04. The third-order valence-electron chi connectivity index (χ3n) is 4.43. The van der Waals surface area contributed by atoms with E-state index >= 15 is 0 Å². The lowest BCUT2D eigenvalue weighted by Gasteiger charge is -2.21. The van der Waals surface area contributed by atoms with Crippen LogP contribution in [0.4, 0.5) is 5.82 Å². The van der Waals surface area contributed by atoms with Gasteiger partial charge in [-0.1, -0.05) is 36.4 Å². The first-order valence-electron chi connectivity index (χ1n) is 8.52. The summed E-state index contributed by atoms with van der Waals surface area (Å²) >= 11 is 0. The summed E-state index contributed by atoms with van der Waals surface area (Å²) in [6.07, 6.45) is 3.78. The van der Waals surface area contributed by atoms with Gasteiger partial charge in [-0.15, -0.1) is 0 Å². The maximum Gasteiger partial charge on any atom is 0.133 e. The fourth-order valence-electron chi connectivity index (χ4n) is 2.88. The second kappa shape index (κ2) is 7.94.